The van der Waals surface area contributed by atoms with Crippen molar-refractivity contribution in [1.29, 1.82) is 0 Å². The Morgan fingerprint density at radius 1 is 0.893 bits per heavy atom. The summed E-state index contributed by atoms with van der Waals surface area (Å²) in [5.41, 5.74) is -1.28. The number of hydrogen-bond donors (Lipinski definition) is 2. The Morgan fingerprint density at radius 2 is 1.36 bits per heavy atom. The molecule has 4 nitrogen and oxygen atoms in total. The molecule has 0 bridgehead atoms. The van der Waals surface area contributed by atoms with Crippen LogP contribution >= 0.6 is 0 Å². The highest BCUT2D eigenvalue weighted by atomic mass is 16.5. The number of aliphatic hydroxyl groups excluding tert-OH is 1. The molecule has 0 aromatic heterocycles. The minimum absolute atomic E-state index is 0.120. The number of ether oxygens (including phenoxy) is 1. The molecule has 0 saturated heterocycles. The topological polar surface area (TPSA) is 66.8 Å². The average Bonchev–Trinajstić information content (AvgIpc) is 2.63. The van der Waals surface area contributed by atoms with Gasteiger partial charge in [-0.15, -0.1) is 0 Å². The van der Waals surface area contributed by atoms with Crippen molar-refractivity contribution in [2.24, 2.45) is 0 Å². The molecule has 2 N–H and O–H groups in total. The van der Waals surface area contributed by atoms with E-state index in [0.717, 1.165) is 12.8 Å². The lowest BCUT2D eigenvalue weighted by molar-refractivity contribution is -0.167. The van der Waals surface area contributed by atoms with Gasteiger partial charge in [-0.3, -0.25) is 0 Å². The highest BCUT2D eigenvalue weighted by molar-refractivity contribution is 5.76. The quantitative estimate of drug-likeness (QED) is 0.178. The fourth-order valence-electron chi connectivity index (χ4n) is 3.42. The first kappa shape index (κ1) is 27.1. The van der Waals surface area contributed by atoms with Crippen LogP contribution < -0.4 is 0 Å². The van der Waals surface area contributed by atoms with Gasteiger partial charge in [-0.1, -0.05) is 76.9 Å². The highest BCUT2D eigenvalue weighted by Gasteiger charge is 2.35. The normalized spacial score (nSPS) is 15.0. The van der Waals surface area contributed by atoms with E-state index in [-0.39, 0.29) is 6.42 Å². The Bertz CT molecular complexity index is 392. The van der Waals surface area contributed by atoms with Gasteiger partial charge in [0, 0.05) is 13.0 Å². The van der Waals surface area contributed by atoms with Crippen molar-refractivity contribution in [2.45, 2.75) is 129 Å². The maximum absolute atomic E-state index is 11.3. The summed E-state index contributed by atoms with van der Waals surface area (Å²) in [6, 6.07) is 0. The first-order valence-electron chi connectivity index (χ1n) is 11.6. The second kappa shape index (κ2) is 18.2. The summed E-state index contributed by atoms with van der Waals surface area (Å²) in [5.74, 6) is -1.00. The standard InChI is InChI=1S/C24H46O4/c1-4-5-6-7-8-9-10-11-12-13-14-15-16-17-18-19-20-28-24(3,23(26)27)21-22(2)25/h11-12,22,25H,4-10,13-21H2,1-3H3,(H,26,27)/b12-11-. The minimum atomic E-state index is -1.28. The van der Waals surface area contributed by atoms with Gasteiger partial charge in [-0.05, 0) is 46.0 Å². The maximum Gasteiger partial charge on any atom is 0.335 e. The number of carboxylic acid groups (broad SMARTS) is 1. The summed E-state index contributed by atoms with van der Waals surface area (Å²) < 4.78 is 5.55. The Kier molecular flexibility index (Phi) is 17.6. The van der Waals surface area contributed by atoms with Gasteiger partial charge in [0.05, 0.1) is 6.10 Å². The summed E-state index contributed by atoms with van der Waals surface area (Å²) in [7, 11) is 0. The maximum atomic E-state index is 11.3. The van der Waals surface area contributed by atoms with Crippen molar-refractivity contribution < 1.29 is 19.7 Å². The molecule has 0 fully saturated rings. The van der Waals surface area contributed by atoms with Gasteiger partial charge in [-0.2, -0.15) is 0 Å². The fourth-order valence-corrected chi connectivity index (χ4v) is 3.42. The molecule has 4 heteroatoms. The second-order valence-electron chi connectivity index (χ2n) is 8.38. The molecule has 0 spiro atoms. The SMILES string of the molecule is CCCCCCCC/C=C\CCCCCCCCOC(C)(CC(C)O)C(=O)O. The number of aliphatic hydroxyl groups is 1. The summed E-state index contributed by atoms with van der Waals surface area (Å²) in [5, 5.41) is 18.7. The van der Waals surface area contributed by atoms with Crippen molar-refractivity contribution in [2.75, 3.05) is 6.61 Å². The first-order chi connectivity index (χ1) is 13.4. The van der Waals surface area contributed by atoms with Crippen molar-refractivity contribution in [3.05, 3.63) is 12.2 Å². The number of carboxylic acids is 1. The van der Waals surface area contributed by atoms with E-state index in [9.17, 15) is 15.0 Å². The average molecular weight is 399 g/mol. The molecule has 166 valence electrons. The molecule has 0 amide bonds. The summed E-state index contributed by atoms with van der Waals surface area (Å²) in [4.78, 5) is 11.3. The molecule has 0 aromatic carbocycles. The van der Waals surface area contributed by atoms with Crippen LogP contribution in [0.1, 0.15) is 117 Å². The zero-order valence-electron chi connectivity index (χ0n) is 18.8. The molecule has 0 heterocycles. The number of hydrogen-bond acceptors (Lipinski definition) is 3. The van der Waals surface area contributed by atoms with E-state index in [1.54, 1.807) is 13.8 Å². The minimum Gasteiger partial charge on any atom is -0.479 e. The third-order valence-electron chi connectivity index (χ3n) is 5.21. The van der Waals surface area contributed by atoms with Crippen LogP contribution in [0.5, 0.6) is 0 Å². The molecule has 0 rings (SSSR count). The Balaban J connectivity index is 3.46. The van der Waals surface area contributed by atoms with Crippen LogP contribution in [0.25, 0.3) is 0 Å². The smallest absolute Gasteiger partial charge is 0.335 e. The molecular weight excluding hydrogens is 352 g/mol. The van der Waals surface area contributed by atoms with E-state index in [4.69, 9.17) is 4.74 Å². The molecule has 28 heavy (non-hydrogen) atoms. The molecule has 0 aromatic rings. The van der Waals surface area contributed by atoms with Crippen molar-refractivity contribution >= 4 is 5.97 Å². The van der Waals surface area contributed by atoms with E-state index >= 15 is 0 Å². The van der Waals surface area contributed by atoms with Crippen LogP contribution in [0.2, 0.25) is 0 Å². The van der Waals surface area contributed by atoms with E-state index in [1.165, 1.54) is 77.0 Å². The zero-order valence-corrected chi connectivity index (χ0v) is 18.8. The molecule has 0 saturated carbocycles. The number of aliphatic carboxylic acids is 1. The fraction of sp³-hybridized carbons (Fsp3) is 0.875. The summed E-state index contributed by atoms with van der Waals surface area (Å²) in [6.07, 6.45) is 21.6. The molecule has 0 aliphatic carbocycles. The predicted molar refractivity (Wildman–Crippen MR) is 118 cm³/mol. The van der Waals surface area contributed by atoms with Crippen LogP contribution in [-0.2, 0) is 9.53 Å². The van der Waals surface area contributed by atoms with Gasteiger partial charge in [-0.25, -0.2) is 4.79 Å². The highest BCUT2D eigenvalue weighted by Crippen LogP contribution is 2.19. The lowest BCUT2D eigenvalue weighted by Gasteiger charge is -2.26. The van der Waals surface area contributed by atoms with E-state index < -0.39 is 17.7 Å². The van der Waals surface area contributed by atoms with E-state index in [2.05, 4.69) is 19.1 Å². The molecule has 2 atom stereocenters. The summed E-state index contributed by atoms with van der Waals surface area (Å²) in [6.45, 7) is 5.84. The number of carbonyl (C=O) groups is 1. The van der Waals surface area contributed by atoms with Gasteiger partial charge in [0.1, 0.15) is 0 Å². The van der Waals surface area contributed by atoms with Crippen LogP contribution in [0, 0.1) is 0 Å². The largest absolute Gasteiger partial charge is 0.479 e. The Labute approximate surface area is 173 Å². The lowest BCUT2D eigenvalue weighted by Crippen LogP contribution is -2.41. The number of rotatable bonds is 20. The number of allylic oxidation sites excluding steroid dienone is 2. The van der Waals surface area contributed by atoms with E-state index in [1.807, 2.05) is 0 Å². The Hall–Kier alpha value is -0.870. The third-order valence-corrected chi connectivity index (χ3v) is 5.21. The van der Waals surface area contributed by atoms with Gasteiger partial charge < -0.3 is 14.9 Å². The van der Waals surface area contributed by atoms with E-state index in [0.29, 0.717) is 6.61 Å². The Morgan fingerprint density at radius 3 is 1.82 bits per heavy atom. The molecule has 0 radical (unpaired) electrons. The van der Waals surface area contributed by atoms with Crippen LogP contribution in [-0.4, -0.2) is 34.5 Å². The first-order valence-corrected chi connectivity index (χ1v) is 11.6. The molecule has 0 aliphatic rings. The summed E-state index contributed by atoms with van der Waals surface area (Å²) >= 11 is 0. The van der Waals surface area contributed by atoms with Crippen molar-refractivity contribution in [3.8, 4) is 0 Å². The monoisotopic (exact) mass is 398 g/mol. The lowest BCUT2D eigenvalue weighted by atomic mass is 9.99. The molecular formula is C24H46O4. The van der Waals surface area contributed by atoms with Crippen molar-refractivity contribution in [1.82, 2.24) is 0 Å². The predicted octanol–water partition coefficient (Wildman–Crippen LogP) is 6.65. The second-order valence-corrected chi connectivity index (χ2v) is 8.38. The van der Waals surface area contributed by atoms with Crippen LogP contribution in [0.3, 0.4) is 0 Å². The molecule has 2 unspecified atom stereocenters. The van der Waals surface area contributed by atoms with Gasteiger partial charge in [0.15, 0.2) is 5.60 Å². The van der Waals surface area contributed by atoms with Gasteiger partial charge in [0.25, 0.3) is 0 Å². The molecule has 0 aliphatic heterocycles. The van der Waals surface area contributed by atoms with Crippen molar-refractivity contribution in [3.63, 3.8) is 0 Å². The van der Waals surface area contributed by atoms with Gasteiger partial charge in [0.2, 0.25) is 0 Å². The number of unbranched alkanes of at least 4 members (excludes halogenated alkanes) is 12. The zero-order chi connectivity index (χ0) is 21.1. The van der Waals surface area contributed by atoms with Gasteiger partial charge >= 0.3 is 5.97 Å². The third kappa shape index (κ3) is 16.1. The van der Waals surface area contributed by atoms with Crippen LogP contribution in [0.4, 0.5) is 0 Å². The van der Waals surface area contributed by atoms with Crippen LogP contribution in [0.15, 0.2) is 12.2 Å².